The smallest absolute Gasteiger partial charge is 0.252 e. The number of halogens is 1. The SMILES string of the molecule is Cc1ccc(C(=O)NCCNC(=O)c2ccccc2SCC(=O)N(C)C2CCCCC2)cc1F. The van der Waals surface area contributed by atoms with Gasteiger partial charge in [-0.1, -0.05) is 37.5 Å². The summed E-state index contributed by atoms with van der Waals surface area (Å²) in [5.74, 6) is -0.752. The van der Waals surface area contributed by atoms with Crippen molar-refractivity contribution < 1.29 is 18.8 Å². The maximum atomic E-state index is 13.6. The first-order chi connectivity index (χ1) is 16.4. The van der Waals surface area contributed by atoms with Gasteiger partial charge in [0.05, 0.1) is 11.3 Å². The summed E-state index contributed by atoms with van der Waals surface area (Å²) in [5, 5.41) is 5.47. The molecule has 0 radical (unpaired) electrons. The number of rotatable bonds is 9. The number of thioether (sulfide) groups is 1. The molecular weight excluding hydrogens is 453 g/mol. The van der Waals surface area contributed by atoms with E-state index < -0.39 is 11.7 Å². The molecule has 34 heavy (non-hydrogen) atoms. The highest BCUT2D eigenvalue weighted by atomic mass is 32.2. The largest absolute Gasteiger partial charge is 0.350 e. The minimum absolute atomic E-state index is 0.0716. The molecule has 8 heteroatoms. The third kappa shape index (κ3) is 7.06. The highest BCUT2D eigenvalue weighted by Crippen LogP contribution is 2.25. The van der Waals surface area contributed by atoms with Gasteiger partial charge in [-0.3, -0.25) is 14.4 Å². The highest BCUT2D eigenvalue weighted by Gasteiger charge is 2.22. The van der Waals surface area contributed by atoms with Gasteiger partial charge in [-0.05, 0) is 49.6 Å². The molecule has 0 aromatic heterocycles. The Morgan fingerprint density at radius 3 is 2.38 bits per heavy atom. The number of nitrogens with zero attached hydrogens (tertiary/aromatic N) is 1. The molecule has 182 valence electrons. The van der Waals surface area contributed by atoms with Crippen molar-refractivity contribution in [3.8, 4) is 0 Å². The van der Waals surface area contributed by atoms with Gasteiger partial charge in [0.1, 0.15) is 5.82 Å². The zero-order valence-corrected chi connectivity index (χ0v) is 20.6. The quantitative estimate of drug-likeness (QED) is 0.413. The van der Waals surface area contributed by atoms with Crippen LogP contribution in [0.3, 0.4) is 0 Å². The zero-order valence-electron chi connectivity index (χ0n) is 19.7. The van der Waals surface area contributed by atoms with Gasteiger partial charge < -0.3 is 15.5 Å². The van der Waals surface area contributed by atoms with E-state index in [4.69, 9.17) is 0 Å². The molecule has 3 rings (SSSR count). The van der Waals surface area contributed by atoms with Gasteiger partial charge in [0.2, 0.25) is 5.91 Å². The number of amides is 3. The van der Waals surface area contributed by atoms with Crippen LogP contribution in [0.25, 0.3) is 0 Å². The summed E-state index contributed by atoms with van der Waals surface area (Å²) in [5.41, 5.74) is 1.20. The fourth-order valence-electron chi connectivity index (χ4n) is 3.98. The van der Waals surface area contributed by atoms with Crippen LogP contribution in [0.4, 0.5) is 4.39 Å². The first-order valence-electron chi connectivity index (χ1n) is 11.7. The van der Waals surface area contributed by atoms with Crippen LogP contribution in [0.1, 0.15) is 58.4 Å². The van der Waals surface area contributed by atoms with E-state index in [0.717, 1.165) is 17.7 Å². The number of carbonyl (C=O) groups is 3. The molecule has 2 N–H and O–H groups in total. The molecule has 6 nitrogen and oxygen atoms in total. The second-order valence-electron chi connectivity index (χ2n) is 8.56. The van der Waals surface area contributed by atoms with Crippen molar-refractivity contribution >= 4 is 29.5 Å². The van der Waals surface area contributed by atoms with Crippen molar-refractivity contribution in [2.45, 2.75) is 50.0 Å². The van der Waals surface area contributed by atoms with Crippen LogP contribution < -0.4 is 10.6 Å². The molecule has 3 amide bonds. The summed E-state index contributed by atoms with van der Waals surface area (Å²) in [6, 6.07) is 11.8. The summed E-state index contributed by atoms with van der Waals surface area (Å²) in [6.45, 7) is 2.06. The first kappa shape index (κ1) is 25.7. The van der Waals surface area contributed by atoms with Gasteiger partial charge in [-0.15, -0.1) is 11.8 Å². The van der Waals surface area contributed by atoms with E-state index in [1.807, 2.05) is 24.1 Å². The van der Waals surface area contributed by atoms with Crippen LogP contribution in [0, 0.1) is 12.7 Å². The number of carbonyl (C=O) groups excluding carboxylic acids is 3. The predicted octanol–water partition coefficient (Wildman–Crippen LogP) is 4.18. The number of aryl methyl sites for hydroxylation is 1. The van der Waals surface area contributed by atoms with Gasteiger partial charge in [0.15, 0.2) is 0 Å². The minimum Gasteiger partial charge on any atom is -0.350 e. The molecule has 2 aromatic carbocycles. The molecule has 0 saturated heterocycles. The second-order valence-corrected chi connectivity index (χ2v) is 9.57. The topological polar surface area (TPSA) is 78.5 Å². The fraction of sp³-hybridized carbons (Fsp3) is 0.423. The monoisotopic (exact) mass is 485 g/mol. The van der Waals surface area contributed by atoms with E-state index in [0.29, 0.717) is 17.2 Å². The van der Waals surface area contributed by atoms with E-state index in [2.05, 4.69) is 10.6 Å². The summed E-state index contributed by atoms with van der Waals surface area (Å²) < 4.78 is 13.6. The summed E-state index contributed by atoms with van der Waals surface area (Å²) in [7, 11) is 1.87. The van der Waals surface area contributed by atoms with Crippen molar-refractivity contribution in [2.75, 3.05) is 25.9 Å². The Labute approximate surface area is 204 Å². The van der Waals surface area contributed by atoms with Gasteiger partial charge in [0, 0.05) is 36.6 Å². The Hall–Kier alpha value is -2.87. The number of hydrogen-bond donors (Lipinski definition) is 2. The lowest BCUT2D eigenvalue weighted by atomic mass is 9.94. The molecule has 0 aliphatic heterocycles. The third-order valence-electron chi connectivity index (χ3n) is 6.13. The van der Waals surface area contributed by atoms with Crippen LogP contribution in [-0.4, -0.2) is 54.6 Å². The predicted molar refractivity (Wildman–Crippen MR) is 133 cm³/mol. The van der Waals surface area contributed by atoms with Gasteiger partial charge in [-0.2, -0.15) is 0 Å². The zero-order chi connectivity index (χ0) is 24.5. The molecule has 0 spiro atoms. The van der Waals surface area contributed by atoms with E-state index in [1.165, 1.54) is 37.1 Å². The maximum Gasteiger partial charge on any atom is 0.252 e. The van der Waals surface area contributed by atoms with Crippen LogP contribution >= 0.6 is 11.8 Å². The van der Waals surface area contributed by atoms with Crippen LogP contribution in [0.15, 0.2) is 47.4 Å². The van der Waals surface area contributed by atoms with Crippen molar-refractivity contribution in [1.82, 2.24) is 15.5 Å². The lowest BCUT2D eigenvalue weighted by Crippen LogP contribution is -2.39. The number of nitrogens with one attached hydrogen (secondary N) is 2. The minimum atomic E-state index is -0.432. The van der Waals surface area contributed by atoms with Crippen LogP contribution in [0.5, 0.6) is 0 Å². The standard InChI is InChI=1S/C26H32FN3O3S/c1-18-12-13-19(16-22(18)27)25(32)28-14-15-29-26(33)21-10-6-7-11-23(21)34-17-24(31)30(2)20-8-4-3-5-9-20/h6-7,10-13,16,20H,3-5,8-9,14-15,17H2,1-2H3,(H,28,32)(H,29,33). The lowest BCUT2D eigenvalue weighted by Gasteiger charge is -2.31. The first-order valence-corrected chi connectivity index (χ1v) is 12.7. The Bertz CT molecular complexity index is 1020. The third-order valence-corrected chi connectivity index (χ3v) is 7.19. The molecule has 0 atom stereocenters. The summed E-state index contributed by atoms with van der Waals surface area (Å²) in [4.78, 5) is 40.1. The van der Waals surface area contributed by atoms with E-state index in [-0.39, 0.29) is 36.2 Å². The summed E-state index contributed by atoms with van der Waals surface area (Å²) >= 11 is 1.36. The Kier molecular flexibility index (Phi) is 9.51. The molecule has 1 aliphatic rings. The molecular formula is C26H32FN3O3S. The van der Waals surface area contributed by atoms with Crippen molar-refractivity contribution in [2.24, 2.45) is 0 Å². The van der Waals surface area contributed by atoms with E-state index in [9.17, 15) is 18.8 Å². The Balaban J connectivity index is 1.47. The molecule has 0 unspecified atom stereocenters. The molecule has 0 bridgehead atoms. The average molecular weight is 486 g/mol. The van der Waals surface area contributed by atoms with Gasteiger partial charge in [-0.25, -0.2) is 4.39 Å². The number of hydrogen-bond acceptors (Lipinski definition) is 4. The highest BCUT2D eigenvalue weighted by molar-refractivity contribution is 8.00. The fourth-order valence-corrected chi connectivity index (χ4v) is 4.95. The molecule has 2 aromatic rings. The second kappa shape index (κ2) is 12.6. The average Bonchev–Trinajstić information content (AvgIpc) is 2.86. The van der Waals surface area contributed by atoms with Crippen molar-refractivity contribution in [3.63, 3.8) is 0 Å². The normalized spacial score (nSPS) is 13.9. The number of benzene rings is 2. The van der Waals surface area contributed by atoms with Crippen LogP contribution in [0.2, 0.25) is 0 Å². The molecule has 1 fully saturated rings. The van der Waals surface area contributed by atoms with Crippen molar-refractivity contribution in [3.05, 3.63) is 65.0 Å². The van der Waals surface area contributed by atoms with E-state index >= 15 is 0 Å². The summed E-state index contributed by atoms with van der Waals surface area (Å²) in [6.07, 6.45) is 5.69. The van der Waals surface area contributed by atoms with Crippen LogP contribution in [-0.2, 0) is 4.79 Å². The lowest BCUT2D eigenvalue weighted by molar-refractivity contribution is -0.129. The molecule has 1 saturated carbocycles. The van der Waals surface area contributed by atoms with Gasteiger partial charge in [0.25, 0.3) is 11.8 Å². The van der Waals surface area contributed by atoms with Gasteiger partial charge >= 0.3 is 0 Å². The Morgan fingerprint density at radius 1 is 1.00 bits per heavy atom. The Morgan fingerprint density at radius 2 is 1.68 bits per heavy atom. The van der Waals surface area contributed by atoms with Crippen molar-refractivity contribution in [1.29, 1.82) is 0 Å². The molecule has 1 aliphatic carbocycles. The molecule has 0 heterocycles. The maximum absolute atomic E-state index is 13.6. The van der Waals surface area contributed by atoms with E-state index in [1.54, 1.807) is 31.2 Å².